The van der Waals surface area contributed by atoms with Crippen molar-refractivity contribution >= 4 is 11.6 Å². The second-order valence-electron chi connectivity index (χ2n) is 6.61. The van der Waals surface area contributed by atoms with E-state index in [4.69, 9.17) is 4.74 Å². The summed E-state index contributed by atoms with van der Waals surface area (Å²) in [6.45, 7) is 2.85. The van der Waals surface area contributed by atoms with Gasteiger partial charge in [0.25, 0.3) is 5.91 Å². The molecule has 1 saturated heterocycles. The Morgan fingerprint density at radius 3 is 2.22 bits per heavy atom. The summed E-state index contributed by atoms with van der Waals surface area (Å²) in [6, 6.07) is 9.38. The third-order valence-electron chi connectivity index (χ3n) is 4.71. The molecule has 1 aliphatic heterocycles. The molecule has 0 radical (unpaired) electrons. The largest absolute Gasteiger partial charge is 0.497 e. The summed E-state index contributed by atoms with van der Waals surface area (Å²) >= 11 is 0. The lowest BCUT2D eigenvalue weighted by atomic mass is 10.1. The molecular formula is C20H23F2N3O2. The Hall–Kier alpha value is -2.67. The van der Waals surface area contributed by atoms with Gasteiger partial charge in [0.15, 0.2) is 0 Å². The number of nitrogens with zero attached hydrogens (tertiary/aromatic N) is 2. The van der Waals surface area contributed by atoms with Crippen molar-refractivity contribution in [3.05, 3.63) is 59.2 Å². The molecule has 0 unspecified atom stereocenters. The number of benzene rings is 2. The highest BCUT2D eigenvalue weighted by molar-refractivity contribution is 5.94. The van der Waals surface area contributed by atoms with Gasteiger partial charge in [-0.2, -0.15) is 0 Å². The quantitative estimate of drug-likeness (QED) is 0.873. The maximum absolute atomic E-state index is 14.4. The zero-order chi connectivity index (χ0) is 19.4. The van der Waals surface area contributed by atoms with Crippen molar-refractivity contribution in [2.24, 2.45) is 0 Å². The minimum absolute atomic E-state index is 0.0320. The number of rotatable bonds is 5. The maximum atomic E-state index is 14.4. The van der Waals surface area contributed by atoms with Crippen LogP contribution >= 0.6 is 0 Å². The molecule has 5 nitrogen and oxygen atoms in total. The third-order valence-corrected chi connectivity index (χ3v) is 4.71. The first-order valence-electron chi connectivity index (χ1n) is 8.81. The number of carbonyl (C=O) groups excluding carboxylic acids is 1. The van der Waals surface area contributed by atoms with Gasteiger partial charge in [0, 0.05) is 38.3 Å². The molecule has 2 aromatic rings. The SMILES string of the molecule is COc1ccc(CNc2c(F)cc(C(=O)N3CCN(C)CC3)cc2F)cc1. The molecule has 7 heteroatoms. The standard InChI is InChI=1S/C20H23F2N3O2/c1-24-7-9-25(10-8-24)20(26)15-11-17(21)19(18(22)12-15)23-13-14-3-5-16(27-2)6-4-14/h3-6,11-12,23H,7-10,13H2,1-2H3. The molecule has 0 saturated carbocycles. The fraction of sp³-hybridized carbons (Fsp3) is 0.350. The van der Waals surface area contributed by atoms with Crippen LogP contribution in [0.4, 0.5) is 14.5 Å². The van der Waals surface area contributed by atoms with Crippen molar-refractivity contribution in [1.29, 1.82) is 0 Å². The lowest BCUT2D eigenvalue weighted by molar-refractivity contribution is 0.0663. The molecule has 27 heavy (non-hydrogen) atoms. The highest BCUT2D eigenvalue weighted by Crippen LogP contribution is 2.23. The van der Waals surface area contributed by atoms with Gasteiger partial charge in [0.05, 0.1) is 7.11 Å². The second-order valence-corrected chi connectivity index (χ2v) is 6.61. The van der Waals surface area contributed by atoms with Crippen molar-refractivity contribution in [1.82, 2.24) is 9.80 Å². The summed E-state index contributed by atoms with van der Waals surface area (Å²) in [5.41, 5.74) is 0.650. The number of carbonyl (C=O) groups is 1. The molecule has 0 spiro atoms. The molecule has 0 atom stereocenters. The molecule has 1 aliphatic rings. The molecule has 0 bridgehead atoms. The van der Waals surface area contributed by atoms with Gasteiger partial charge in [-0.1, -0.05) is 12.1 Å². The van der Waals surface area contributed by atoms with Crippen LogP contribution < -0.4 is 10.1 Å². The normalized spacial score (nSPS) is 14.9. The number of piperazine rings is 1. The van der Waals surface area contributed by atoms with Gasteiger partial charge in [-0.25, -0.2) is 8.78 Å². The minimum atomic E-state index is -0.777. The number of nitrogens with one attached hydrogen (secondary N) is 1. The van der Waals surface area contributed by atoms with E-state index in [2.05, 4.69) is 10.2 Å². The van der Waals surface area contributed by atoms with E-state index in [0.717, 1.165) is 30.8 Å². The number of likely N-dealkylation sites (N-methyl/N-ethyl adjacent to an activating group) is 1. The molecular weight excluding hydrogens is 352 g/mol. The van der Waals surface area contributed by atoms with E-state index < -0.39 is 11.6 Å². The summed E-state index contributed by atoms with van der Waals surface area (Å²) in [5.74, 6) is -1.19. The topological polar surface area (TPSA) is 44.8 Å². The number of hydrogen-bond donors (Lipinski definition) is 1. The molecule has 2 aromatic carbocycles. The van der Waals surface area contributed by atoms with Gasteiger partial charge < -0.3 is 19.9 Å². The van der Waals surface area contributed by atoms with E-state index >= 15 is 0 Å². The third kappa shape index (κ3) is 4.54. The van der Waals surface area contributed by atoms with E-state index in [0.29, 0.717) is 18.8 Å². The summed E-state index contributed by atoms with van der Waals surface area (Å²) in [7, 11) is 3.55. The highest BCUT2D eigenvalue weighted by Gasteiger charge is 2.22. The maximum Gasteiger partial charge on any atom is 0.254 e. The summed E-state index contributed by atoms with van der Waals surface area (Å²) in [6.07, 6.45) is 0. The molecule has 144 valence electrons. The number of halogens is 2. The monoisotopic (exact) mass is 375 g/mol. The molecule has 1 N–H and O–H groups in total. The van der Waals surface area contributed by atoms with Crippen LogP contribution in [0.2, 0.25) is 0 Å². The van der Waals surface area contributed by atoms with Crippen molar-refractivity contribution < 1.29 is 18.3 Å². The van der Waals surface area contributed by atoms with E-state index in [9.17, 15) is 13.6 Å². The minimum Gasteiger partial charge on any atom is -0.497 e. The van der Waals surface area contributed by atoms with Crippen molar-refractivity contribution in [2.75, 3.05) is 45.7 Å². The Labute approximate surface area is 157 Å². The second kappa shape index (κ2) is 8.35. The van der Waals surface area contributed by atoms with Crippen LogP contribution in [0.25, 0.3) is 0 Å². The van der Waals surface area contributed by atoms with Crippen molar-refractivity contribution in [3.8, 4) is 5.75 Å². The molecule has 3 rings (SSSR count). The predicted octanol–water partition coefficient (Wildman–Crippen LogP) is 2.97. The zero-order valence-electron chi connectivity index (χ0n) is 15.5. The Morgan fingerprint density at radius 2 is 1.67 bits per heavy atom. The Morgan fingerprint density at radius 1 is 1.07 bits per heavy atom. The first-order chi connectivity index (χ1) is 13.0. The van der Waals surface area contributed by atoms with Crippen LogP contribution in [0.1, 0.15) is 15.9 Å². The van der Waals surface area contributed by atoms with Crippen molar-refractivity contribution in [3.63, 3.8) is 0 Å². The first kappa shape index (κ1) is 19.1. The van der Waals surface area contributed by atoms with Crippen LogP contribution in [0.5, 0.6) is 5.75 Å². The fourth-order valence-electron chi connectivity index (χ4n) is 2.99. The van der Waals surface area contributed by atoms with Crippen LogP contribution in [0, 0.1) is 11.6 Å². The molecule has 1 heterocycles. The Bertz CT molecular complexity index is 780. The van der Waals surface area contributed by atoms with Gasteiger partial charge in [-0.3, -0.25) is 4.79 Å². The van der Waals surface area contributed by atoms with Crippen LogP contribution in [-0.4, -0.2) is 56.0 Å². The van der Waals surface area contributed by atoms with Crippen molar-refractivity contribution in [2.45, 2.75) is 6.54 Å². The summed E-state index contributed by atoms with van der Waals surface area (Å²) in [5, 5.41) is 2.76. The molecule has 0 aliphatic carbocycles. The highest BCUT2D eigenvalue weighted by atomic mass is 19.1. The van der Waals surface area contributed by atoms with Gasteiger partial charge >= 0.3 is 0 Å². The Kier molecular flexibility index (Phi) is 5.91. The number of hydrogen-bond acceptors (Lipinski definition) is 4. The Balaban J connectivity index is 1.69. The first-order valence-corrected chi connectivity index (χ1v) is 8.81. The zero-order valence-corrected chi connectivity index (χ0v) is 15.5. The fourth-order valence-corrected chi connectivity index (χ4v) is 2.99. The smallest absolute Gasteiger partial charge is 0.254 e. The van der Waals surface area contributed by atoms with Gasteiger partial charge in [-0.15, -0.1) is 0 Å². The van der Waals surface area contributed by atoms with E-state index in [1.165, 1.54) is 0 Å². The van der Waals surface area contributed by atoms with E-state index in [1.54, 1.807) is 24.1 Å². The van der Waals surface area contributed by atoms with E-state index in [-0.39, 0.29) is 23.7 Å². The number of methoxy groups -OCH3 is 1. The number of amides is 1. The van der Waals surface area contributed by atoms with Crippen LogP contribution in [0.3, 0.4) is 0 Å². The van der Waals surface area contributed by atoms with E-state index in [1.807, 2.05) is 19.2 Å². The van der Waals surface area contributed by atoms with Gasteiger partial charge in [0.1, 0.15) is 23.1 Å². The summed E-state index contributed by atoms with van der Waals surface area (Å²) in [4.78, 5) is 16.2. The lowest BCUT2D eigenvalue weighted by Gasteiger charge is -2.32. The molecule has 1 amide bonds. The van der Waals surface area contributed by atoms with Gasteiger partial charge in [0.2, 0.25) is 0 Å². The molecule has 1 fully saturated rings. The number of ether oxygens (including phenoxy) is 1. The number of anilines is 1. The predicted molar refractivity (Wildman–Crippen MR) is 100 cm³/mol. The summed E-state index contributed by atoms with van der Waals surface area (Å²) < 4.78 is 33.9. The average Bonchev–Trinajstić information content (AvgIpc) is 2.67. The van der Waals surface area contributed by atoms with Gasteiger partial charge in [-0.05, 0) is 36.9 Å². The lowest BCUT2D eigenvalue weighted by Crippen LogP contribution is -2.47. The van der Waals surface area contributed by atoms with Crippen LogP contribution in [-0.2, 0) is 6.54 Å². The van der Waals surface area contributed by atoms with Crippen LogP contribution in [0.15, 0.2) is 36.4 Å². The molecule has 0 aromatic heterocycles. The average molecular weight is 375 g/mol.